The van der Waals surface area contributed by atoms with E-state index in [0.717, 1.165) is 5.56 Å². The van der Waals surface area contributed by atoms with Gasteiger partial charge in [0.1, 0.15) is 0 Å². The zero-order valence-corrected chi connectivity index (χ0v) is 14.8. The van der Waals surface area contributed by atoms with Gasteiger partial charge < -0.3 is 0 Å². The van der Waals surface area contributed by atoms with Crippen LogP contribution in [0.3, 0.4) is 0 Å². The fourth-order valence-corrected chi connectivity index (χ4v) is 5.15. The Kier molecular flexibility index (Phi) is 4.49. The van der Waals surface area contributed by atoms with Gasteiger partial charge in [-0.25, -0.2) is 0 Å². The van der Waals surface area contributed by atoms with Crippen molar-refractivity contribution in [1.82, 2.24) is 0 Å². The Morgan fingerprint density at radius 2 is 1.52 bits per heavy atom. The second-order valence-electron chi connectivity index (χ2n) is 6.04. The Balaban J connectivity index is 2.69. The fourth-order valence-electron chi connectivity index (χ4n) is 3.04. The summed E-state index contributed by atoms with van der Waals surface area (Å²) < 4.78 is 0. The van der Waals surface area contributed by atoms with Gasteiger partial charge in [-0.2, -0.15) is 0 Å². The predicted molar refractivity (Wildman–Crippen MR) is 94.0 cm³/mol. The van der Waals surface area contributed by atoms with Crippen LogP contribution in [0.15, 0.2) is 36.4 Å². The van der Waals surface area contributed by atoms with E-state index in [1.165, 1.54) is 6.07 Å². The molecule has 0 aromatic heterocycles. The number of rotatable bonds is 4. The van der Waals surface area contributed by atoms with Crippen LogP contribution in [0.4, 0.5) is 0 Å². The molecule has 0 heterocycles. The van der Waals surface area contributed by atoms with Crippen molar-refractivity contribution in [3.63, 3.8) is 0 Å². The molecule has 0 radical (unpaired) electrons. The van der Waals surface area contributed by atoms with Crippen LogP contribution in [-0.4, -0.2) is 20.2 Å². The summed E-state index contributed by atoms with van der Waals surface area (Å²) >= 11 is 0. The predicted octanol–water partition coefficient (Wildman–Crippen LogP) is 2.92. The number of carbonyl (C=O) groups excluding carboxylic acids is 1. The third kappa shape index (κ3) is 3.08. The van der Waals surface area contributed by atoms with Gasteiger partial charge in [0.05, 0.1) is 0 Å². The molecule has 0 amide bonds. The molecule has 2 aromatic rings. The molecule has 0 fully saturated rings. The van der Waals surface area contributed by atoms with Crippen molar-refractivity contribution < 1.29 is 19.5 Å². The monoisotopic (exact) mass is 334 g/mol. The van der Waals surface area contributed by atoms with Crippen LogP contribution < -0.4 is 5.30 Å². The van der Waals surface area contributed by atoms with E-state index in [9.17, 15) is 19.5 Å². The van der Waals surface area contributed by atoms with Crippen molar-refractivity contribution in [3.8, 4) is 0 Å². The molecule has 3 N–H and O–H groups in total. The van der Waals surface area contributed by atoms with E-state index in [4.69, 9.17) is 0 Å². The molecule has 0 bridgehead atoms. The first-order valence-electron chi connectivity index (χ1n) is 7.54. The summed E-state index contributed by atoms with van der Waals surface area (Å²) in [6, 6.07) is 9.99. The summed E-state index contributed by atoms with van der Waals surface area (Å²) in [7, 11) is -5.70. The average molecular weight is 334 g/mol. The Morgan fingerprint density at radius 3 is 2.04 bits per heavy atom. The van der Waals surface area contributed by atoms with Gasteiger partial charge >= 0.3 is 136 Å². The van der Waals surface area contributed by atoms with Gasteiger partial charge in [0.2, 0.25) is 0 Å². The van der Waals surface area contributed by atoms with Crippen molar-refractivity contribution in [2.45, 2.75) is 34.1 Å². The summed E-state index contributed by atoms with van der Waals surface area (Å²) in [5.41, 5.74) is 1.92. The molecule has 0 saturated heterocycles. The summed E-state index contributed by atoms with van der Waals surface area (Å²) in [6.45, 7) is 7.19. The number of benzene rings is 2. The molecule has 0 unspecified atom stereocenters. The molecule has 0 aliphatic rings. The Labute approximate surface area is 136 Å². The van der Waals surface area contributed by atoms with Crippen molar-refractivity contribution >= 4 is 18.1 Å². The van der Waals surface area contributed by atoms with E-state index >= 15 is 0 Å². The molecular weight excluding hydrogens is 311 g/mol. The van der Waals surface area contributed by atoms with Gasteiger partial charge in [0.25, 0.3) is 0 Å². The van der Waals surface area contributed by atoms with E-state index in [2.05, 4.69) is 0 Å². The van der Waals surface area contributed by atoms with Crippen LogP contribution >= 0.6 is 7.28 Å². The van der Waals surface area contributed by atoms with Crippen molar-refractivity contribution in [3.05, 3.63) is 64.2 Å². The van der Waals surface area contributed by atoms with Crippen LogP contribution in [-0.2, 0) is 6.42 Å². The van der Waals surface area contributed by atoms with Crippen molar-refractivity contribution in [2.24, 2.45) is 0 Å². The van der Waals surface area contributed by atoms with Crippen molar-refractivity contribution in [1.29, 1.82) is 0 Å². The summed E-state index contributed by atoms with van der Waals surface area (Å²) in [5, 5.41) is -0.0784. The van der Waals surface area contributed by atoms with E-state index < -0.39 is 12.8 Å². The SMILES string of the molecule is CCc1ccccc1P(O)(O)(O)C(=O)c1c(C)cc(C)cc1C. The van der Waals surface area contributed by atoms with Gasteiger partial charge in [-0.3, -0.25) is 0 Å². The van der Waals surface area contributed by atoms with Gasteiger partial charge in [0.15, 0.2) is 0 Å². The normalized spacial score (nSPS) is 13.4. The standard InChI is InChI=1S/C18H23O4P/c1-5-15-8-6-7-9-16(15)23(20,21,22)18(19)17-13(3)10-12(2)11-14(17)4/h6-11,20-22H,5H2,1-4H3. The minimum absolute atomic E-state index is 0.0784. The molecule has 0 spiro atoms. The first-order chi connectivity index (χ1) is 10.6. The number of hydrogen-bond acceptors (Lipinski definition) is 4. The summed E-state index contributed by atoms with van der Waals surface area (Å²) in [4.78, 5) is 45.0. The molecule has 4 nitrogen and oxygen atoms in total. The van der Waals surface area contributed by atoms with Gasteiger partial charge in [-0.15, -0.1) is 0 Å². The Morgan fingerprint density at radius 1 is 1.00 bits per heavy atom. The molecule has 5 heteroatoms. The second-order valence-corrected chi connectivity index (χ2v) is 8.89. The molecule has 2 aromatic carbocycles. The maximum absolute atomic E-state index is 12.9. The second kappa shape index (κ2) is 5.81. The first kappa shape index (κ1) is 17.8. The molecule has 2 rings (SSSR count). The van der Waals surface area contributed by atoms with E-state index in [-0.39, 0.29) is 10.9 Å². The van der Waals surface area contributed by atoms with Gasteiger partial charge in [0, 0.05) is 0 Å². The van der Waals surface area contributed by atoms with Crippen LogP contribution in [0.2, 0.25) is 0 Å². The third-order valence-electron chi connectivity index (χ3n) is 4.08. The molecular formula is C18H23O4P. The maximum atomic E-state index is 12.9. The molecule has 0 saturated carbocycles. The topological polar surface area (TPSA) is 77.8 Å². The average Bonchev–Trinajstić information content (AvgIpc) is 2.45. The molecule has 0 aliphatic heterocycles. The first-order valence-corrected chi connectivity index (χ1v) is 9.64. The Hall–Kier alpha value is -1.58. The van der Waals surface area contributed by atoms with Crippen LogP contribution in [0, 0.1) is 20.8 Å². The number of hydrogen-bond donors (Lipinski definition) is 3. The van der Waals surface area contributed by atoms with Crippen LogP contribution in [0.5, 0.6) is 0 Å². The zero-order valence-electron chi connectivity index (χ0n) is 13.9. The van der Waals surface area contributed by atoms with Crippen LogP contribution in [0.25, 0.3) is 0 Å². The molecule has 124 valence electrons. The van der Waals surface area contributed by atoms with Gasteiger partial charge in [-0.05, 0) is 0 Å². The summed E-state index contributed by atoms with van der Waals surface area (Å²) in [5.74, 6) is 0. The quantitative estimate of drug-likeness (QED) is 0.751. The third-order valence-corrected chi connectivity index (χ3v) is 6.38. The van der Waals surface area contributed by atoms with E-state index in [1.54, 1.807) is 44.2 Å². The van der Waals surface area contributed by atoms with Crippen molar-refractivity contribution in [2.75, 3.05) is 0 Å². The molecule has 0 atom stereocenters. The fraction of sp³-hybridized carbons (Fsp3) is 0.278. The zero-order chi connectivity index (χ0) is 17.4. The summed E-state index contributed by atoms with van der Waals surface area (Å²) in [6.07, 6.45) is 0.481. The number of aryl methyl sites for hydroxylation is 4. The number of carbonyl (C=O) groups is 1. The Bertz CT molecular complexity index is 749. The van der Waals surface area contributed by atoms with Gasteiger partial charge in [-0.1, -0.05) is 0 Å². The minimum atomic E-state index is -5.70. The molecule has 0 aliphatic carbocycles. The van der Waals surface area contributed by atoms with Crippen LogP contribution in [0.1, 0.15) is 39.5 Å². The van der Waals surface area contributed by atoms with E-state index in [0.29, 0.717) is 23.1 Å². The van der Waals surface area contributed by atoms with E-state index in [1.807, 2.05) is 13.8 Å². The molecule has 23 heavy (non-hydrogen) atoms.